The van der Waals surface area contributed by atoms with Gasteiger partial charge >= 0.3 is 0 Å². The molecule has 0 aromatic carbocycles. The van der Waals surface area contributed by atoms with Crippen molar-refractivity contribution in [3.8, 4) is 0 Å². The highest BCUT2D eigenvalue weighted by molar-refractivity contribution is 5.76. The van der Waals surface area contributed by atoms with Gasteiger partial charge in [-0.15, -0.1) is 0 Å². The third-order valence-corrected chi connectivity index (χ3v) is 4.03. The van der Waals surface area contributed by atoms with Gasteiger partial charge in [-0.05, 0) is 6.42 Å². The van der Waals surface area contributed by atoms with Crippen LogP contribution >= 0.6 is 0 Å². The van der Waals surface area contributed by atoms with Gasteiger partial charge in [0.25, 0.3) is 0 Å². The van der Waals surface area contributed by atoms with Crippen molar-refractivity contribution >= 4 is 5.91 Å². The summed E-state index contributed by atoms with van der Waals surface area (Å²) in [7, 11) is 6.06. The lowest BCUT2D eigenvalue weighted by Crippen LogP contribution is -2.43. The number of aliphatic hydroxyl groups is 1. The van der Waals surface area contributed by atoms with Gasteiger partial charge in [0.1, 0.15) is 12.6 Å². The van der Waals surface area contributed by atoms with E-state index in [2.05, 4.69) is 12.2 Å². The zero-order valence-electron chi connectivity index (χ0n) is 16.1. The number of aliphatic hydroxyl groups excluding tert-OH is 1. The van der Waals surface area contributed by atoms with Gasteiger partial charge in [-0.2, -0.15) is 0 Å². The van der Waals surface area contributed by atoms with Crippen LogP contribution in [0.4, 0.5) is 0 Å². The van der Waals surface area contributed by atoms with Crippen LogP contribution in [0.3, 0.4) is 0 Å². The number of carbonyl (C=O) groups is 1. The summed E-state index contributed by atoms with van der Waals surface area (Å²) in [4.78, 5) is 11.7. The molecule has 4 heteroatoms. The van der Waals surface area contributed by atoms with Crippen LogP contribution in [-0.2, 0) is 4.79 Å². The van der Waals surface area contributed by atoms with E-state index >= 15 is 0 Å². The second-order valence-corrected chi connectivity index (χ2v) is 7.86. The molecule has 1 atom stereocenters. The molecule has 4 nitrogen and oxygen atoms in total. The maximum atomic E-state index is 11.7. The number of carbonyl (C=O) groups excluding carboxylic acids is 1. The van der Waals surface area contributed by atoms with E-state index in [9.17, 15) is 9.90 Å². The van der Waals surface area contributed by atoms with E-state index in [1.807, 2.05) is 21.1 Å². The number of hydrogen-bond donors (Lipinski definition) is 2. The number of hydrogen-bond acceptors (Lipinski definition) is 2. The number of unbranched alkanes of at least 4 members (excludes halogenated alkanes) is 9. The largest absolute Gasteiger partial charge is 0.387 e. The van der Waals surface area contributed by atoms with Crippen LogP contribution in [0.5, 0.6) is 0 Å². The molecule has 0 aliphatic carbocycles. The highest BCUT2D eigenvalue weighted by Gasteiger charge is 2.18. The van der Waals surface area contributed by atoms with Crippen LogP contribution in [0, 0.1) is 0 Å². The number of likely N-dealkylation sites (N-methyl/N-ethyl adjacent to an activating group) is 1. The Labute approximate surface area is 144 Å². The summed E-state index contributed by atoms with van der Waals surface area (Å²) in [5, 5.41) is 12.8. The predicted molar refractivity (Wildman–Crippen MR) is 98.4 cm³/mol. The molecule has 0 aliphatic heterocycles. The fourth-order valence-corrected chi connectivity index (χ4v) is 2.82. The van der Waals surface area contributed by atoms with Crippen molar-refractivity contribution in [1.29, 1.82) is 0 Å². The minimum absolute atomic E-state index is 0.0260. The van der Waals surface area contributed by atoms with Gasteiger partial charge in [0.2, 0.25) is 5.91 Å². The normalized spacial score (nSPS) is 13.1. The lowest BCUT2D eigenvalue weighted by Gasteiger charge is -2.26. The molecule has 0 spiro atoms. The molecular formula is C19H41N2O2+. The standard InChI is InChI=1S/C19H40N2O2/c1-5-6-7-8-9-10-11-12-13-14-15-20-19(23)16-18(22)17-21(2,3)4/h18,22H,5-17H2,1-4H3/p+1. The first-order valence-corrected chi connectivity index (χ1v) is 9.60. The summed E-state index contributed by atoms with van der Waals surface area (Å²) >= 11 is 0. The zero-order chi connectivity index (χ0) is 17.6. The number of quaternary nitrogens is 1. The van der Waals surface area contributed by atoms with E-state index in [0.717, 1.165) is 13.0 Å². The monoisotopic (exact) mass is 329 g/mol. The Hall–Kier alpha value is -0.610. The molecule has 0 aromatic heterocycles. The zero-order valence-corrected chi connectivity index (χ0v) is 16.1. The van der Waals surface area contributed by atoms with E-state index in [1.165, 1.54) is 57.8 Å². The molecule has 23 heavy (non-hydrogen) atoms. The Morgan fingerprint density at radius 3 is 1.87 bits per heavy atom. The SMILES string of the molecule is CCCCCCCCCCCCNC(=O)CC(O)C[N+](C)(C)C. The molecule has 0 radical (unpaired) electrons. The summed E-state index contributed by atoms with van der Waals surface area (Å²) in [6.45, 7) is 3.60. The highest BCUT2D eigenvalue weighted by Crippen LogP contribution is 2.10. The summed E-state index contributed by atoms with van der Waals surface area (Å²) < 4.78 is 0.674. The van der Waals surface area contributed by atoms with E-state index in [0.29, 0.717) is 11.0 Å². The molecule has 0 saturated heterocycles. The first-order valence-electron chi connectivity index (χ1n) is 9.60. The molecule has 0 rings (SSSR count). The van der Waals surface area contributed by atoms with Gasteiger partial charge in [-0.1, -0.05) is 64.7 Å². The number of amides is 1. The lowest BCUT2D eigenvalue weighted by molar-refractivity contribution is -0.873. The van der Waals surface area contributed by atoms with Crippen LogP contribution in [0.1, 0.15) is 77.6 Å². The lowest BCUT2D eigenvalue weighted by atomic mass is 10.1. The average molecular weight is 330 g/mol. The van der Waals surface area contributed by atoms with Gasteiger partial charge in [-0.3, -0.25) is 4.79 Å². The van der Waals surface area contributed by atoms with Crippen molar-refractivity contribution in [1.82, 2.24) is 5.32 Å². The van der Waals surface area contributed by atoms with Crippen LogP contribution in [0.15, 0.2) is 0 Å². The highest BCUT2D eigenvalue weighted by atomic mass is 16.3. The molecule has 0 aliphatic rings. The number of rotatable bonds is 15. The molecule has 1 amide bonds. The van der Waals surface area contributed by atoms with Crippen molar-refractivity contribution in [3.63, 3.8) is 0 Å². The maximum absolute atomic E-state index is 11.7. The van der Waals surface area contributed by atoms with Gasteiger partial charge in [0.15, 0.2) is 0 Å². The molecular weight excluding hydrogens is 288 g/mol. The van der Waals surface area contributed by atoms with Crippen LogP contribution < -0.4 is 5.32 Å². The van der Waals surface area contributed by atoms with Crippen molar-refractivity contribution in [2.24, 2.45) is 0 Å². The van der Waals surface area contributed by atoms with Gasteiger partial charge < -0.3 is 14.9 Å². The summed E-state index contributed by atoms with van der Waals surface area (Å²) in [5.41, 5.74) is 0. The Morgan fingerprint density at radius 1 is 0.913 bits per heavy atom. The van der Waals surface area contributed by atoms with Crippen LogP contribution in [0.2, 0.25) is 0 Å². The molecule has 1 unspecified atom stereocenters. The molecule has 0 heterocycles. The quantitative estimate of drug-likeness (QED) is 0.357. The van der Waals surface area contributed by atoms with Gasteiger partial charge in [-0.25, -0.2) is 0 Å². The van der Waals surface area contributed by atoms with Crippen molar-refractivity contribution in [3.05, 3.63) is 0 Å². The molecule has 138 valence electrons. The topological polar surface area (TPSA) is 49.3 Å². The van der Waals surface area contributed by atoms with Crippen molar-refractivity contribution < 1.29 is 14.4 Å². The summed E-state index contributed by atoms with van der Waals surface area (Å²) in [6, 6.07) is 0. The number of nitrogens with one attached hydrogen (secondary N) is 1. The summed E-state index contributed by atoms with van der Waals surface area (Å²) in [5.74, 6) is -0.0260. The molecule has 0 bridgehead atoms. The molecule has 2 N–H and O–H groups in total. The predicted octanol–water partition coefficient (Wildman–Crippen LogP) is 3.48. The van der Waals surface area contributed by atoms with Crippen molar-refractivity contribution in [2.75, 3.05) is 34.2 Å². The average Bonchev–Trinajstić information content (AvgIpc) is 2.42. The number of nitrogens with zero attached hydrogens (tertiary/aromatic N) is 1. The first kappa shape index (κ1) is 22.4. The second-order valence-electron chi connectivity index (χ2n) is 7.86. The summed E-state index contributed by atoms with van der Waals surface area (Å²) in [6.07, 6.45) is 12.7. The minimum Gasteiger partial charge on any atom is -0.387 e. The smallest absolute Gasteiger partial charge is 0.222 e. The third kappa shape index (κ3) is 17.6. The van der Waals surface area contributed by atoms with E-state index < -0.39 is 6.10 Å². The second kappa shape index (κ2) is 13.8. The molecule has 0 saturated carbocycles. The fraction of sp³-hybridized carbons (Fsp3) is 0.947. The minimum atomic E-state index is -0.553. The van der Waals surface area contributed by atoms with Gasteiger partial charge in [0.05, 0.1) is 27.6 Å². The van der Waals surface area contributed by atoms with Crippen LogP contribution in [-0.4, -0.2) is 55.8 Å². The third-order valence-electron chi connectivity index (χ3n) is 4.03. The van der Waals surface area contributed by atoms with Crippen molar-refractivity contribution in [2.45, 2.75) is 83.7 Å². The van der Waals surface area contributed by atoms with Gasteiger partial charge in [0, 0.05) is 6.54 Å². The van der Waals surface area contributed by atoms with E-state index in [1.54, 1.807) is 0 Å². The Kier molecular flexibility index (Phi) is 13.4. The maximum Gasteiger partial charge on any atom is 0.222 e. The first-order chi connectivity index (χ1) is 10.8. The molecule has 0 aromatic rings. The Balaban J connectivity index is 3.36. The Bertz CT molecular complexity index is 288. The van der Waals surface area contributed by atoms with Crippen LogP contribution in [0.25, 0.3) is 0 Å². The molecule has 0 fully saturated rings. The Morgan fingerprint density at radius 2 is 1.39 bits per heavy atom. The fourth-order valence-electron chi connectivity index (χ4n) is 2.82. The van der Waals surface area contributed by atoms with E-state index in [4.69, 9.17) is 0 Å². The van der Waals surface area contributed by atoms with E-state index in [-0.39, 0.29) is 12.3 Å².